The van der Waals surface area contributed by atoms with E-state index in [0.717, 1.165) is 5.69 Å². The Morgan fingerprint density at radius 3 is 2.59 bits per heavy atom. The van der Waals surface area contributed by atoms with Crippen LogP contribution in [-0.2, 0) is 12.8 Å². The molecule has 0 bridgehead atoms. The molecule has 0 aliphatic rings. The first kappa shape index (κ1) is 11.3. The van der Waals surface area contributed by atoms with Crippen LogP contribution in [0.5, 0.6) is 0 Å². The molecule has 2 rings (SSSR count). The van der Waals surface area contributed by atoms with Crippen molar-refractivity contribution in [3.05, 3.63) is 11.5 Å². The number of hydrogen-bond donors (Lipinski definition) is 2. The van der Waals surface area contributed by atoms with Crippen LogP contribution in [0.25, 0.3) is 11.1 Å². The Balaban J connectivity index is 2.75. The second-order valence-electron chi connectivity index (χ2n) is 3.52. The monoisotopic (exact) mass is 234 g/mol. The van der Waals surface area contributed by atoms with Gasteiger partial charge in [-0.1, -0.05) is 19.0 Å². The molecular formula is C10H14N6O. The highest BCUT2D eigenvalue weighted by atomic mass is 16.5. The summed E-state index contributed by atoms with van der Waals surface area (Å²) in [6.45, 7) is 3.90. The molecule has 4 N–H and O–H groups in total. The van der Waals surface area contributed by atoms with Crippen LogP contribution in [-0.4, -0.2) is 21.1 Å². The Morgan fingerprint density at radius 1 is 1.24 bits per heavy atom. The van der Waals surface area contributed by atoms with Crippen molar-refractivity contribution in [1.82, 2.24) is 15.1 Å². The minimum atomic E-state index is -0.0460. The fourth-order valence-corrected chi connectivity index (χ4v) is 1.54. The van der Waals surface area contributed by atoms with Gasteiger partial charge in [0.1, 0.15) is 11.2 Å². The average Bonchev–Trinajstić information content (AvgIpc) is 2.71. The number of nitrogens with zero attached hydrogens (tertiary/aromatic N) is 4. The molecule has 90 valence electrons. The number of guanidine groups is 1. The van der Waals surface area contributed by atoms with E-state index in [2.05, 4.69) is 20.1 Å². The zero-order valence-corrected chi connectivity index (χ0v) is 9.77. The van der Waals surface area contributed by atoms with Crippen LogP contribution in [0.4, 0.5) is 5.82 Å². The van der Waals surface area contributed by atoms with E-state index < -0.39 is 0 Å². The smallest absolute Gasteiger partial charge is 0.263 e. The Hall–Kier alpha value is -2.18. The van der Waals surface area contributed by atoms with Crippen molar-refractivity contribution in [1.29, 1.82) is 0 Å². The number of aliphatic imine (C=N–C) groups is 1. The van der Waals surface area contributed by atoms with Crippen LogP contribution in [0.2, 0.25) is 0 Å². The van der Waals surface area contributed by atoms with E-state index in [4.69, 9.17) is 16.0 Å². The van der Waals surface area contributed by atoms with Gasteiger partial charge in [-0.3, -0.25) is 0 Å². The zero-order valence-electron chi connectivity index (χ0n) is 9.77. The van der Waals surface area contributed by atoms with Gasteiger partial charge in [0.2, 0.25) is 0 Å². The number of rotatable bonds is 3. The number of hydrogen-bond acceptors (Lipinski definition) is 5. The van der Waals surface area contributed by atoms with E-state index in [0.29, 0.717) is 35.6 Å². The van der Waals surface area contributed by atoms with E-state index in [9.17, 15) is 0 Å². The van der Waals surface area contributed by atoms with Crippen molar-refractivity contribution in [2.75, 3.05) is 0 Å². The Morgan fingerprint density at radius 2 is 2.00 bits per heavy atom. The van der Waals surface area contributed by atoms with E-state index in [1.54, 1.807) is 0 Å². The van der Waals surface area contributed by atoms with Gasteiger partial charge in [-0.05, 0) is 6.42 Å². The number of nitrogens with two attached hydrogens (primary N) is 2. The molecule has 0 unspecified atom stereocenters. The lowest BCUT2D eigenvalue weighted by Gasteiger charge is -2.00. The van der Waals surface area contributed by atoms with Gasteiger partial charge < -0.3 is 16.0 Å². The van der Waals surface area contributed by atoms with Crippen LogP contribution in [0.15, 0.2) is 9.52 Å². The first-order valence-corrected chi connectivity index (χ1v) is 5.40. The molecule has 0 saturated heterocycles. The molecule has 2 heterocycles. The normalized spacial score (nSPS) is 10.7. The summed E-state index contributed by atoms with van der Waals surface area (Å²) in [4.78, 5) is 12.5. The lowest BCUT2D eigenvalue weighted by Crippen LogP contribution is -2.22. The molecular weight excluding hydrogens is 220 g/mol. The zero-order chi connectivity index (χ0) is 12.4. The third-order valence-corrected chi connectivity index (χ3v) is 2.32. The summed E-state index contributed by atoms with van der Waals surface area (Å²) < 4.78 is 5.15. The maximum Gasteiger partial charge on any atom is 0.263 e. The molecule has 0 spiro atoms. The summed E-state index contributed by atoms with van der Waals surface area (Å²) in [6.07, 6.45) is 1.37. The first-order valence-electron chi connectivity index (χ1n) is 5.40. The van der Waals surface area contributed by atoms with Crippen LogP contribution < -0.4 is 11.5 Å². The first-order chi connectivity index (χ1) is 8.15. The van der Waals surface area contributed by atoms with Gasteiger partial charge in [0.25, 0.3) is 5.71 Å². The quantitative estimate of drug-likeness (QED) is 0.594. The summed E-state index contributed by atoms with van der Waals surface area (Å²) in [7, 11) is 0. The summed E-state index contributed by atoms with van der Waals surface area (Å²) >= 11 is 0. The standard InChI is InChI=1S/C10H14N6O/c1-3-5-7-8(15-10(11)12)13-6(4-2)14-9(7)17-16-5/h3-4H2,1-2H3,(H4,11,12,13,14,15). The molecule has 2 aromatic rings. The fourth-order valence-electron chi connectivity index (χ4n) is 1.54. The van der Waals surface area contributed by atoms with E-state index >= 15 is 0 Å². The molecule has 0 fully saturated rings. The van der Waals surface area contributed by atoms with Crippen LogP contribution >= 0.6 is 0 Å². The molecule has 2 aromatic heterocycles. The van der Waals surface area contributed by atoms with Gasteiger partial charge in [-0.25, -0.2) is 4.98 Å². The Bertz CT molecular complexity index is 569. The van der Waals surface area contributed by atoms with Crippen molar-refractivity contribution >= 4 is 22.9 Å². The van der Waals surface area contributed by atoms with Gasteiger partial charge >= 0.3 is 0 Å². The highest BCUT2D eigenvalue weighted by molar-refractivity contribution is 5.90. The summed E-state index contributed by atoms with van der Waals surface area (Å²) in [5.74, 6) is 0.997. The highest BCUT2D eigenvalue weighted by Crippen LogP contribution is 2.26. The van der Waals surface area contributed by atoms with E-state index in [-0.39, 0.29) is 5.96 Å². The van der Waals surface area contributed by atoms with E-state index in [1.807, 2.05) is 13.8 Å². The van der Waals surface area contributed by atoms with Gasteiger partial charge in [-0.15, -0.1) is 0 Å². The molecule has 7 heteroatoms. The summed E-state index contributed by atoms with van der Waals surface area (Å²) in [6, 6.07) is 0. The highest BCUT2D eigenvalue weighted by Gasteiger charge is 2.15. The van der Waals surface area contributed by atoms with E-state index in [1.165, 1.54) is 0 Å². The molecule has 0 aliphatic carbocycles. The molecule has 7 nitrogen and oxygen atoms in total. The maximum atomic E-state index is 5.38. The van der Waals surface area contributed by atoms with Crippen molar-refractivity contribution in [2.45, 2.75) is 26.7 Å². The number of aromatic nitrogens is 3. The van der Waals surface area contributed by atoms with Gasteiger partial charge in [0, 0.05) is 6.42 Å². The molecule has 0 radical (unpaired) electrons. The van der Waals surface area contributed by atoms with Crippen LogP contribution in [0, 0.1) is 0 Å². The average molecular weight is 234 g/mol. The third-order valence-electron chi connectivity index (χ3n) is 2.32. The van der Waals surface area contributed by atoms with Gasteiger partial charge in [0.15, 0.2) is 11.8 Å². The third kappa shape index (κ3) is 2.03. The van der Waals surface area contributed by atoms with Crippen molar-refractivity contribution < 1.29 is 4.52 Å². The van der Waals surface area contributed by atoms with Crippen molar-refractivity contribution in [3.63, 3.8) is 0 Å². The molecule has 0 aliphatic heterocycles. The van der Waals surface area contributed by atoms with Gasteiger partial charge in [-0.2, -0.15) is 9.98 Å². The topological polar surface area (TPSA) is 116 Å². The number of aryl methyl sites for hydroxylation is 2. The second-order valence-corrected chi connectivity index (χ2v) is 3.52. The summed E-state index contributed by atoms with van der Waals surface area (Å²) in [5, 5.41) is 4.61. The lowest BCUT2D eigenvalue weighted by molar-refractivity contribution is 0.439. The SMILES string of the molecule is CCc1nc(N=C(N)N)c2c(CC)noc2n1. The molecule has 0 saturated carbocycles. The minimum Gasteiger partial charge on any atom is -0.370 e. The Labute approximate surface area is 97.9 Å². The predicted octanol–water partition coefficient (Wildman–Crippen LogP) is 0.647. The lowest BCUT2D eigenvalue weighted by atomic mass is 10.2. The molecule has 0 aromatic carbocycles. The molecule has 0 amide bonds. The van der Waals surface area contributed by atoms with Crippen LogP contribution in [0.1, 0.15) is 25.4 Å². The van der Waals surface area contributed by atoms with Crippen molar-refractivity contribution in [3.8, 4) is 0 Å². The molecule has 17 heavy (non-hydrogen) atoms. The van der Waals surface area contributed by atoms with Crippen LogP contribution in [0.3, 0.4) is 0 Å². The largest absolute Gasteiger partial charge is 0.370 e. The minimum absolute atomic E-state index is 0.0460. The maximum absolute atomic E-state index is 5.38. The molecule has 0 atom stereocenters. The second kappa shape index (κ2) is 4.36. The van der Waals surface area contributed by atoms with Gasteiger partial charge in [0.05, 0.1) is 5.69 Å². The number of fused-ring (bicyclic) bond motifs is 1. The Kier molecular flexibility index (Phi) is 2.90. The fraction of sp³-hybridized carbons (Fsp3) is 0.400. The summed E-state index contributed by atoms with van der Waals surface area (Å²) in [5.41, 5.74) is 11.9. The predicted molar refractivity (Wildman–Crippen MR) is 63.8 cm³/mol. The van der Waals surface area contributed by atoms with Crippen molar-refractivity contribution in [2.24, 2.45) is 16.5 Å².